The molecular weight excluding hydrogens is 414 g/mol. The summed E-state index contributed by atoms with van der Waals surface area (Å²) in [5, 5.41) is 3.17. The van der Waals surface area contributed by atoms with E-state index in [9.17, 15) is 14.4 Å². The summed E-state index contributed by atoms with van der Waals surface area (Å²) in [6, 6.07) is 9.73. The quantitative estimate of drug-likeness (QED) is 0.533. The minimum atomic E-state index is -0.733. The number of carbonyl (C=O) groups excluding carboxylic acids is 3. The molecule has 0 aliphatic carbocycles. The third-order valence-electron chi connectivity index (χ3n) is 4.69. The highest BCUT2D eigenvalue weighted by atomic mass is 32.1. The van der Waals surface area contributed by atoms with Gasteiger partial charge in [0.05, 0.1) is 18.8 Å². The molecular formula is C24H31NO5S. The van der Waals surface area contributed by atoms with Crippen molar-refractivity contribution in [3.05, 3.63) is 51.9 Å². The molecule has 2 aromatic rings. The number of rotatable bonds is 9. The predicted molar refractivity (Wildman–Crippen MR) is 123 cm³/mol. The van der Waals surface area contributed by atoms with E-state index in [1.54, 1.807) is 13.8 Å². The average molecular weight is 446 g/mol. The third-order valence-corrected chi connectivity index (χ3v) is 5.88. The number of carbonyl (C=O) groups is 3. The van der Waals surface area contributed by atoms with Crippen molar-refractivity contribution in [2.75, 3.05) is 18.5 Å². The molecule has 0 spiro atoms. The van der Waals surface area contributed by atoms with Gasteiger partial charge in [-0.3, -0.25) is 4.79 Å². The minimum Gasteiger partial charge on any atom is -0.462 e. The smallest absolute Gasteiger partial charge is 0.348 e. The van der Waals surface area contributed by atoms with Gasteiger partial charge in [-0.1, -0.05) is 58.0 Å². The first-order valence-electron chi connectivity index (χ1n) is 10.4. The van der Waals surface area contributed by atoms with Gasteiger partial charge in [-0.15, -0.1) is 11.3 Å². The van der Waals surface area contributed by atoms with Crippen molar-refractivity contribution in [3.8, 4) is 0 Å². The lowest BCUT2D eigenvalue weighted by molar-refractivity contribution is -0.123. The van der Waals surface area contributed by atoms with Crippen molar-refractivity contribution in [1.29, 1.82) is 0 Å². The molecule has 0 unspecified atom stereocenters. The molecule has 1 amide bonds. The molecule has 0 aliphatic rings. The van der Waals surface area contributed by atoms with Crippen LogP contribution in [-0.4, -0.2) is 31.1 Å². The highest BCUT2D eigenvalue weighted by Crippen LogP contribution is 2.36. The van der Waals surface area contributed by atoms with E-state index in [1.807, 2.05) is 58.0 Å². The Morgan fingerprint density at radius 2 is 1.71 bits per heavy atom. The number of hydrogen-bond donors (Lipinski definition) is 1. The van der Waals surface area contributed by atoms with Gasteiger partial charge >= 0.3 is 11.9 Å². The molecule has 1 aromatic carbocycles. The zero-order valence-electron chi connectivity index (χ0n) is 19.0. The first kappa shape index (κ1) is 24.6. The van der Waals surface area contributed by atoms with Crippen molar-refractivity contribution >= 4 is 34.2 Å². The second-order valence-corrected chi connectivity index (χ2v) is 9.49. The standard InChI is InChI=1S/C24H31NO5S/c1-7-29-21(26)18-16(4)19(22(27)30-14-15(2)3)31-20(18)25-23(28)24(5,6)13-17-11-9-8-10-12-17/h8-12,15H,7,13-14H2,1-6H3,(H,25,28). The molecule has 0 aliphatic heterocycles. The van der Waals surface area contributed by atoms with E-state index < -0.39 is 17.4 Å². The monoisotopic (exact) mass is 445 g/mol. The zero-order chi connectivity index (χ0) is 23.2. The topological polar surface area (TPSA) is 81.7 Å². The van der Waals surface area contributed by atoms with Gasteiger partial charge < -0.3 is 14.8 Å². The summed E-state index contributed by atoms with van der Waals surface area (Å²) in [6.07, 6.45) is 0.530. The number of esters is 2. The fourth-order valence-corrected chi connectivity index (χ4v) is 4.10. The van der Waals surface area contributed by atoms with Crippen molar-refractivity contribution in [3.63, 3.8) is 0 Å². The van der Waals surface area contributed by atoms with E-state index in [-0.39, 0.29) is 30.6 Å². The van der Waals surface area contributed by atoms with Gasteiger partial charge in [-0.05, 0) is 37.3 Å². The van der Waals surface area contributed by atoms with Gasteiger partial charge in [-0.25, -0.2) is 9.59 Å². The van der Waals surface area contributed by atoms with Crippen LogP contribution in [0.1, 0.15) is 65.8 Å². The largest absolute Gasteiger partial charge is 0.462 e. The number of thiophene rings is 1. The van der Waals surface area contributed by atoms with E-state index >= 15 is 0 Å². The lowest BCUT2D eigenvalue weighted by atomic mass is 9.85. The summed E-state index contributed by atoms with van der Waals surface area (Å²) in [4.78, 5) is 38.6. The summed E-state index contributed by atoms with van der Waals surface area (Å²) in [7, 11) is 0. The van der Waals surface area contributed by atoms with Gasteiger partial charge in [-0.2, -0.15) is 0 Å². The number of amides is 1. The minimum absolute atomic E-state index is 0.187. The zero-order valence-corrected chi connectivity index (χ0v) is 19.9. The number of benzene rings is 1. The molecule has 0 saturated heterocycles. The fourth-order valence-electron chi connectivity index (χ4n) is 3.01. The molecule has 0 bridgehead atoms. The Morgan fingerprint density at radius 3 is 2.29 bits per heavy atom. The molecule has 1 N–H and O–H groups in total. The Kier molecular flexibility index (Phi) is 8.39. The Balaban J connectivity index is 2.32. The average Bonchev–Trinajstić information content (AvgIpc) is 3.02. The maximum atomic E-state index is 13.1. The number of hydrogen-bond acceptors (Lipinski definition) is 6. The van der Waals surface area contributed by atoms with Crippen molar-refractivity contribution in [2.24, 2.45) is 11.3 Å². The Bertz CT molecular complexity index is 931. The van der Waals surface area contributed by atoms with Crippen LogP contribution in [-0.2, 0) is 20.7 Å². The van der Waals surface area contributed by atoms with E-state index in [0.29, 0.717) is 21.9 Å². The van der Waals surface area contributed by atoms with Crippen molar-refractivity contribution in [1.82, 2.24) is 0 Å². The highest BCUT2D eigenvalue weighted by Gasteiger charge is 2.32. The molecule has 0 fully saturated rings. The molecule has 0 saturated carbocycles. The van der Waals surface area contributed by atoms with Gasteiger partial charge in [0.2, 0.25) is 5.91 Å². The van der Waals surface area contributed by atoms with Gasteiger partial charge in [0.25, 0.3) is 0 Å². The van der Waals surface area contributed by atoms with Crippen molar-refractivity contribution in [2.45, 2.75) is 48.0 Å². The summed E-state index contributed by atoms with van der Waals surface area (Å²) >= 11 is 1.04. The van der Waals surface area contributed by atoms with Gasteiger partial charge in [0.15, 0.2) is 0 Å². The maximum Gasteiger partial charge on any atom is 0.348 e. The molecule has 0 radical (unpaired) electrons. The number of nitrogens with one attached hydrogen (secondary N) is 1. The SMILES string of the molecule is CCOC(=O)c1c(NC(=O)C(C)(C)Cc2ccccc2)sc(C(=O)OCC(C)C)c1C. The van der Waals surface area contributed by atoms with Crippen LogP contribution in [0, 0.1) is 18.3 Å². The van der Waals surface area contributed by atoms with E-state index in [2.05, 4.69) is 5.32 Å². The van der Waals surface area contributed by atoms with Crippen LogP contribution < -0.4 is 5.32 Å². The fraction of sp³-hybridized carbons (Fsp3) is 0.458. The second-order valence-electron chi connectivity index (χ2n) is 8.47. The van der Waals surface area contributed by atoms with Crippen LogP contribution in [0.4, 0.5) is 5.00 Å². The maximum absolute atomic E-state index is 13.1. The molecule has 0 atom stereocenters. The van der Waals surface area contributed by atoms with Crippen LogP contribution in [0.2, 0.25) is 0 Å². The number of anilines is 1. The molecule has 1 aromatic heterocycles. The van der Waals surface area contributed by atoms with Gasteiger partial charge in [0.1, 0.15) is 9.88 Å². The molecule has 7 heteroatoms. The summed E-state index contributed by atoms with van der Waals surface area (Å²) in [6.45, 7) is 11.4. The lowest BCUT2D eigenvalue weighted by Gasteiger charge is -2.23. The predicted octanol–water partition coefficient (Wildman–Crippen LogP) is 5.25. The molecule has 2 rings (SSSR count). The molecule has 31 heavy (non-hydrogen) atoms. The van der Waals surface area contributed by atoms with Crippen LogP contribution >= 0.6 is 11.3 Å². The lowest BCUT2D eigenvalue weighted by Crippen LogP contribution is -2.33. The number of ether oxygens (including phenoxy) is 2. The van der Waals surface area contributed by atoms with Gasteiger partial charge in [0, 0.05) is 5.41 Å². The summed E-state index contributed by atoms with van der Waals surface area (Å²) in [5.41, 5.74) is 0.956. The van der Waals surface area contributed by atoms with Crippen LogP contribution in [0.5, 0.6) is 0 Å². The summed E-state index contributed by atoms with van der Waals surface area (Å²) in [5.74, 6) is -1.14. The molecule has 6 nitrogen and oxygen atoms in total. The third kappa shape index (κ3) is 6.40. The van der Waals surface area contributed by atoms with Crippen LogP contribution in [0.3, 0.4) is 0 Å². The Morgan fingerprint density at radius 1 is 1.06 bits per heavy atom. The van der Waals surface area contributed by atoms with Crippen LogP contribution in [0.25, 0.3) is 0 Å². The first-order chi connectivity index (χ1) is 14.6. The van der Waals surface area contributed by atoms with E-state index in [4.69, 9.17) is 9.47 Å². The highest BCUT2D eigenvalue weighted by molar-refractivity contribution is 7.18. The first-order valence-corrected chi connectivity index (χ1v) is 11.2. The van der Waals surface area contributed by atoms with Crippen LogP contribution in [0.15, 0.2) is 30.3 Å². The normalized spacial score (nSPS) is 11.3. The van der Waals surface area contributed by atoms with E-state index in [1.165, 1.54) is 0 Å². The molecule has 168 valence electrons. The van der Waals surface area contributed by atoms with E-state index in [0.717, 1.165) is 16.9 Å². The second kappa shape index (κ2) is 10.6. The Hall–Kier alpha value is -2.67. The summed E-state index contributed by atoms with van der Waals surface area (Å²) < 4.78 is 10.5. The Labute approximate surface area is 187 Å². The molecule has 1 heterocycles. The van der Waals surface area contributed by atoms with Crippen molar-refractivity contribution < 1.29 is 23.9 Å².